The van der Waals surface area contributed by atoms with Crippen molar-refractivity contribution in [2.24, 2.45) is 0 Å². The van der Waals surface area contributed by atoms with Gasteiger partial charge >= 0.3 is 5.97 Å². The lowest BCUT2D eigenvalue weighted by molar-refractivity contribution is -0.124. The normalized spacial score (nSPS) is 11.8. The third-order valence-electron chi connectivity index (χ3n) is 2.55. The van der Waals surface area contributed by atoms with Gasteiger partial charge in [-0.15, -0.1) is 0 Å². The number of carbonyl (C=O) groups excluding carboxylic acids is 1. The molecule has 0 spiro atoms. The maximum atomic E-state index is 11.6. The molecule has 20 heavy (non-hydrogen) atoms. The highest BCUT2D eigenvalue weighted by Gasteiger charge is 2.13. The highest BCUT2D eigenvalue weighted by atomic mass is 16.5. The molecule has 0 heterocycles. The van der Waals surface area contributed by atoms with Crippen LogP contribution in [0.5, 0.6) is 5.75 Å². The molecule has 0 aromatic heterocycles. The first kappa shape index (κ1) is 16.0. The summed E-state index contributed by atoms with van der Waals surface area (Å²) >= 11 is 0. The maximum Gasteiger partial charge on any atom is 0.339 e. The van der Waals surface area contributed by atoms with Crippen molar-refractivity contribution in [1.29, 1.82) is 0 Å². The maximum absolute atomic E-state index is 11.6. The van der Waals surface area contributed by atoms with Crippen LogP contribution >= 0.6 is 0 Å². The Kier molecular flexibility index (Phi) is 5.99. The number of aromatic carboxylic acids is 1. The average molecular weight is 281 g/mol. The van der Waals surface area contributed by atoms with Gasteiger partial charge in [0.1, 0.15) is 11.3 Å². The fourth-order valence-corrected chi connectivity index (χ4v) is 1.69. The Morgan fingerprint density at radius 3 is 2.70 bits per heavy atom. The summed E-state index contributed by atoms with van der Waals surface area (Å²) in [6.45, 7) is 3.75. The van der Waals surface area contributed by atoms with Gasteiger partial charge in [-0.3, -0.25) is 4.79 Å². The molecular weight excluding hydrogens is 262 g/mol. The summed E-state index contributed by atoms with van der Waals surface area (Å²) in [6, 6.07) is 4.65. The third-order valence-corrected chi connectivity index (χ3v) is 2.55. The lowest BCUT2D eigenvalue weighted by Crippen LogP contribution is -2.38. The smallest absolute Gasteiger partial charge is 0.339 e. The number of benzene rings is 1. The van der Waals surface area contributed by atoms with Crippen LogP contribution in [0.4, 0.5) is 0 Å². The van der Waals surface area contributed by atoms with Crippen molar-refractivity contribution in [2.75, 3.05) is 20.3 Å². The predicted molar refractivity (Wildman–Crippen MR) is 73.1 cm³/mol. The highest BCUT2D eigenvalue weighted by Crippen LogP contribution is 2.19. The van der Waals surface area contributed by atoms with Crippen LogP contribution in [0.15, 0.2) is 18.2 Å². The molecule has 6 heteroatoms. The molecule has 0 aliphatic heterocycles. The molecule has 1 amide bonds. The molecule has 1 rings (SSSR count). The zero-order chi connectivity index (χ0) is 15.1. The van der Waals surface area contributed by atoms with Crippen LogP contribution < -0.4 is 10.1 Å². The summed E-state index contributed by atoms with van der Waals surface area (Å²) in [5.41, 5.74) is 0.857. The molecule has 0 saturated carbocycles. The van der Waals surface area contributed by atoms with Gasteiger partial charge in [-0.1, -0.05) is 11.6 Å². The van der Waals surface area contributed by atoms with Gasteiger partial charge in [0.2, 0.25) is 0 Å². The first-order valence-electron chi connectivity index (χ1n) is 6.19. The Hall–Kier alpha value is -2.08. The number of carboxylic acid groups (broad SMARTS) is 1. The molecule has 0 fully saturated rings. The summed E-state index contributed by atoms with van der Waals surface area (Å²) in [5.74, 6) is -1.24. The minimum absolute atomic E-state index is 0.0442. The van der Waals surface area contributed by atoms with E-state index in [9.17, 15) is 9.59 Å². The molecule has 0 bridgehead atoms. The van der Waals surface area contributed by atoms with Crippen LogP contribution in [0.1, 0.15) is 22.8 Å². The SMILES string of the molecule is COCC(C)NC(=O)COc1ccc(C)cc1C(=O)O. The molecule has 1 unspecified atom stereocenters. The minimum atomic E-state index is -1.09. The minimum Gasteiger partial charge on any atom is -0.483 e. The average Bonchev–Trinajstić information content (AvgIpc) is 2.37. The molecule has 0 radical (unpaired) electrons. The number of amides is 1. The Balaban J connectivity index is 2.61. The molecule has 1 aromatic rings. The predicted octanol–water partition coefficient (Wildman–Crippen LogP) is 1.22. The van der Waals surface area contributed by atoms with Gasteiger partial charge in [-0.2, -0.15) is 0 Å². The van der Waals surface area contributed by atoms with Crippen molar-refractivity contribution in [1.82, 2.24) is 5.32 Å². The van der Waals surface area contributed by atoms with Crippen LogP contribution in [0.3, 0.4) is 0 Å². The number of aryl methyl sites for hydroxylation is 1. The van der Waals surface area contributed by atoms with Crippen molar-refractivity contribution in [3.8, 4) is 5.75 Å². The highest BCUT2D eigenvalue weighted by molar-refractivity contribution is 5.91. The van der Waals surface area contributed by atoms with Crippen molar-refractivity contribution < 1.29 is 24.2 Å². The first-order valence-corrected chi connectivity index (χ1v) is 6.19. The third kappa shape index (κ3) is 4.89. The molecule has 1 atom stereocenters. The number of nitrogens with one attached hydrogen (secondary N) is 1. The van der Waals surface area contributed by atoms with Gasteiger partial charge in [0.25, 0.3) is 5.91 Å². The van der Waals surface area contributed by atoms with Crippen LogP contribution in [0.2, 0.25) is 0 Å². The van der Waals surface area contributed by atoms with Gasteiger partial charge in [-0.25, -0.2) is 4.79 Å². The van der Waals surface area contributed by atoms with Gasteiger partial charge in [0.05, 0.1) is 6.61 Å². The lowest BCUT2D eigenvalue weighted by Gasteiger charge is -2.14. The monoisotopic (exact) mass is 281 g/mol. The zero-order valence-corrected chi connectivity index (χ0v) is 11.8. The van der Waals surface area contributed by atoms with Gasteiger partial charge < -0.3 is 19.9 Å². The van der Waals surface area contributed by atoms with Gasteiger partial charge in [0.15, 0.2) is 6.61 Å². The van der Waals surface area contributed by atoms with Crippen LogP contribution in [-0.4, -0.2) is 43.3 Å². The summed E-state index contributed by atoms with van der Waals surface area (Å²) in [7, 11) is 1.55. The Morgan fingerprint density at radius 2 is 2.10 bits per heavy atom. The summed E-state index contributed by atoms with van der Waals surface area (Å²) in [5, 5.41) is 11.7. The second-order valence-electron chi connectivity index (χ2n) is 4.52. The summed E-state index contributed by atoms with van der Waals surface area (Å²) in [4.78, 5) is 22.7. The van der Waals surface area contributed by atoms with E-state index in [1.54, 1.807) is 33.1 Å². The van der Waals surface area contributed by atoms with E-state index in [4.69, 9.17) is 14.6 Å². The second-order valence-corrected chi connectivity index (χ2v) is 4.52. The summed E-state index contributed by atoms with van der Waals surface area (Å²) in [6.07, 6.45) is 0. The van der Waals surface area contributed by atoms with E-state index >= 15 is 0 Å². The number of hydrogen-bond acceptors (Lipinski definition) is 4. The van der Waals surface area contributed by atoms with Crippen LogP contribution in [-0.2, 0) is 9.53 Å². The molecule has 0 aliphatic rings. The Labute approximate surface area is 117 Å². The molecule has 2 N–H and O–H groups in total. The van der Waals surface area contributed by atoms with Crippen LogP contribution in [0.25, 0.3) is 0 Å². The fourth-order valence-electron chi connectivity index (χ4n) is 1.69. The number of rotatable bonds is 7. The van der Waals surface area contributed by atoms with Crippen LogP contribution in [0, 0.1) is 6.92 Å². The van der Waals surface area contributed by atoms with E-state index in [0.717, 1.165) is 5.56 Å². The standard InChI is InChI=1S/C14H19NO5/c1-9-4-5-12(11(6-9)14(17)18)20-8-13(16)15-10(2)7-19-3/h4-6,10H,7-8H2,1-3H3,(H,15,16)(H,17,18). The van der Waals surface area contributed by atoms with E-state index in [0.29, 0.717) is 6.61 Å². The van der Waals surface area contributed by atoms with Crippen molar-refractivity contribution in [3.63, 3.8) is 0 Å². The van der Waals surface area contributed by atoms with Crippen molar-refractivity contribution >= 4 is 11.9 Å². The van der Waals surface area contributed by atoms with E-state index in [2.05, 4.69) is 5.32 Å². The van der Waals surface area contributed by atoms with Crippen molar-refractivity contribution in [2.45, 2.75) is 19.9 Å². The van der Waals surface area contributed by atoms with Gasteiger partial charge in [-0.05, 0) is 26.0 Å². The molecule has 110 valence electrons. The molecule has 0 aliphatic carbocycles. The van der Waals surface area contributed by atoms with E-state index in [1.165, 1.54) is 6.07 Å². The van der Waals surface area contributed by atoms with E-state index < -0.39 is 5.97 Å². The first-order chi connectivity index (χ1) is 9.43. The Morgan fingerprint density at radius 1 is 1.40 bits per heavy atom. The van der Waals surface area contributed by atoms with E-state index in [1.807, 2.05) is 0 Å². The number of ether oxygens (including phenoxy) is 2. The molecule has 6 nitrogen and oxygen atoms in total. The molecule has 1 aromatic carbocycles. The van der Waals surface area contributed by atoms with Gasteiger partial charge in [0, 0.05) is 13.2 Å². The topological polar surface area (TPSA) is 84.9 Å². The van der Waals surface area contributed by atoms with Crippen molar-refractivity contribution in [3.05, 3.63) is 29.3 Å². The Bertz CT molecular complexity index is 486. The zero-order valence-electron chi connectivity index (χ0n) is 11.8. The number of methoxy groups -OCH3 is 1. The molecular formula is C14H19NO5. The fraction of sp³-hybridized carbons (Fsp3) is 0.429. The number of carbonyl (C=O) groups is 2. The van der Waals surface area contributed by atoms with E-state index in [-0.39, 0.29) is 29.9 Å². The number of carboxylic acids is 1. The molecule has 0 saturated heterocycles. The number of hydrogen-bond donors (Lipinski definition) is 2. The quantitative estimate of drug-likeness (QED) is 0.785. The largest absolute Gasteiger partial charge is 0.483 e. The second kappa shape index (κ2) is 7.49. The lowest BCUT2D eigenvalue weighted by atomic mass is 10.1. The summed E-state index contributed by atoms with van der Waals surface area (Å²) < 4.78 is 10.2.